The summed E-state index contributed by atoms with van der Waals surface area (Å²) in [6, 6.07) is 8.64. The molecule has 0 aliphatic carbocycles. The Bertz CT molecular complexity index is 1350. The van der Waals surface area contributed by atoms with Gasteiger partial charge in [-0.25, -0.2) is 14.1 Å². The number of aliphatic hydroxyl groups excluding tert-OH is 1. The van der Waals surface area contributed by atoms with Gasteiger partial charge in [0.05, 0.1) is 36.4 Å². The van der Waals surface area contributed by atoms with E-state index in [1.807, 2.05) is 17.7 Å². The third kappa shape index (κ3) is 3.98. The highest BCUT2D eigenvalue weighted by atomic mass is 19.1. The lowest BCUT2D eigenvalue weighted by Gasteiger charge is -2.23. The molecule has 1 aliphatic rings. The van der Waals surface area contributed by atoms with Crippen molar-refractivity contribution in [2.75, 3.05) is 19.7 Å². The molecule has 0 spiro atoms. The number of ether oxygens (including phenoxy) is 1. The van der Waals surface area contributed by atoms with Gasteiger partial charge < -0.3 is 15.2 Å². The standard InChI is InChI=1S/C23H23FN8O2/c1-14-23(29-30-32(14)17-4-6-26-7-5-17)15-8-21-28-12-18(10-25)31(21)22(9-15)34-20(13-33)19-3-2-16(24)11-27-19/h2-3,8-9,11-12,17,20,26,33H,4-7,13H2,1H3. The van der Waals surface area contributed by atoms with Gasteiger partial charge in [0, 0.05) is 11.6 Å². The van der Waals surface area contributed by atoms with Gasteiger partial charge in [-0.1, -0.05) is 5.21 Å². The fraction of sp³-hybridized carbons (Fsp3) is 0.348. The van der Waals surface area contributed by atoms with Crippen LogP contribution in [0.2, 0.25) is 0 Å². The van der Waals surface area contributed by atoms with E-state index in [0.717, 1.165) is 43.4 Å². The number of hydrogen-bond donors (Lipinski definition) is 2. The van der Waals surface area contributed by atoms with Crippen LogP contribution < -0.4 is 10.1 Å². The van der Waals surface area contributed by atoms with Gasteiger partial charge in [-0.3, -0.25) is 9.38 Å². The molecule has 5 heterocycles. The van der Waals surface area contributed by atoms with Gasteiger partial charge in [-0.2, -0.15) is 5.26 Å². The van der Waals surface area contributed by atoms with Crippen LogP contribution in [0.25, 0.3) is 16.9 Å². The van der Waals surface area contributed by atoms with Crippen molar-refractivity contribution in [3.05, 3.63) is 59.6 Å². The second-order valence-electron chi connectivity index (χ2n) is 8.17. The second kappa shape index (κ2) is 9.17. The number of pyridine rings is 2. The summed E-state index contributed by atoms with van der Waals surface area (Å²) < 4.78 is 23.0. The molecule has 0 aromatic carbocycles. The SMILES string of the molecule is Cc1c(-c2cc(OC(CO)c3ccc(F)cn3)n3c(C#N)cnc3c2)nnn1C1CCNCC1. The molecular formula is C23H23FN8O2. The predicted octanol–water partition coefficient (Wildman–Crippen LogP) is 2.34. The number of imidazole rings is 1. The van der Waals surface area contributed by atoms with Gasteiger partial charge in [-0.15, -0.1) is 5.10 Å². The van der Waals surface area contributed by atoms with Crippen LogP contribution >= 0.6 is 0 Å². The monoisotopic (exact) mass is 462 g/mol. The summed E-state index contributed by atoms with van der Waals surface area (Å²) in [5.74, 6) is -0.207. The zero-order chi connectivity index (χ0) is 23.7. The topological polar surface area (TPSA) is 126 Å². The molecule has 5 rings (SSSR count). The molecule has 2 N–H and O–H groups in total. The number of nitrogens with one attached hydrogen (secondary N) is 1. The quantitative estimate of drug-likeness (QED) is 0.447. The summed E-state index contributed by atoms with van der Waals surface area (Å²) in [6.07, 6.45) is 3.60. The van der Waals surface area contributed by atoms with E-state index in [9.17, 15) is 14.8 Å². The molecule has 4 aromatic rings. The average Bonchev–Trinajstić information content (AvgIpc) is 3.46. The Hall–Kier alpha value is -3.88. The van der Waals surface area contributed by atoms with Gasteiger partial charge in [-0.05, 0) is 51.1 Å². The molecule has 0 radical (unpaired) electrons. The maximum absolute atomic E-state index is 13.3. The van der Waals surface area contributed by atoms with E-state index < -0.39 is 18.5 Å². The van der Waals surface area contributed by atoms with Crippen LogP contribution in [-0.4, -0.2) is 54.2 Å². The minimum atomic E-state index is -0.875. The van der Waals surface area contributed by atoms with Crippen molar-refractivity contribution in [1.29, 1.82) is 5.26 Å². The Labute approximate surface area is 194 Å². The number of nitriles is 1. The second-order valence-corrected chi connectivity index (χ2v) is 8.17. The number of aromatic nitrogens is 6. The number of halogens is 1. The van der Waals surface area contributed by atoms with Crippen LogP contribution in [0.4, 0.5) is 4.39 Å². The van der Waals surface area contributed by atoms with Crippen molar-refractivity contribution in [3.8, 4) is 23.2 Å². The molecule has 1 aliphatic heterocycles. The molecule has 10 nitrogen and oxygen atoms in total. The van der Waals surface area contributed by atoms with Crippen molar-refractivity contribution in [2.24, 2.45) is 0 Å². The molecule has 0 saturated carbocycles. The number of piperidine rings is 1. The Balaban J connectivity index is 1.57. The number of rotatable bonds is 6. The molecule has 174 valence electrons. The zero-order valence-corrected chi connectivity index (χ0v) is 18.5. The molecular weight excluding hydrogens is 439 g/mol. The molecule has 4 aromatic heterocycles. The first kappa shape index (κ1) is 21.9. The van der Waals surface area contributed by atoms with E-state index in [-0.39, 0.29) is 17.6 Å². The maximum atomic E-state index is 13.3. The summed E-state index contributed by atoms with van der Waals surface area (Å²) in [5, 5.41) is 31.7. The first-order valence-corrected chi connectivity index (χ1v) is 11.0. The van der Waals surface area contributed by atoms with E-state index in [0.29, 0.717) is 17.0 Å². The molecule has 0 amide bonds. The first-order chi connectivity index (χ1) is 16.6. The summed E-state index contributed by atoms with van der Waals surface area (Å²) in [4.78, 5) is 8.37. The van der Waals surface area contributed by atoms with Crippen molar-refractivity contribution in [1.82, 2.24) is 34.7 Å². The normalized spacial score (nSPS) is 15.4. The van der Waals surface area contributed by atoms with Gasteiger partial charge in [0.15, 0.2) is 6.10 Å². The lowest BCUT2D eigenvalue weighted by molar-refractivity contribution is 0.107. The average molecular weight is 462 g/mol. The molecule has 1 unspecified atom stereocenters. The fourth-order valence-electron chi connectivity index (χ4n) is 4.30. The molecule has 0 bridgehead atoms. The van der Waals surface area contributed by atoms with Crippen molar-refractivity contribution in [3.63, 3.8) is 0 Å². The van der Waals surface area contributed by atoms with Gasteiger partial charge >= 0.3 is 0 Å². The van der Waals surface area contributed by atoms with Crippen LogP contribution in [0.15, 0.2) is 36.7 Å². The van der Waals surface area contributed by atoms with Crippen molar-refractivity contribution in [2.45, 2.75) is 31.9 Å². The number of nitrogens with zero attached hydrogens (tertiary/aromatic N) is 7. The highest BCUT2D eigenvalue weighted by Gasteiger charge is 2.23. The molecule has 1 fully saturated rings. The van der Waals surface area contributed by atoms with Gasteiger partial charge in [0.2, 0.25) is 5.88 Å². The number of hydrogen-bond acceptors (Lipinski definition) is 8. The smallest absolute Gasteiger partial charge is 0.201 e. The van der Waals surface area contributed by atoms with E-state index in [4.69, 9.17) is 4.74 Å². The van der Waals surface area contributed by atoms with Gasteiger partial charge in [0.25, 0.3) is 0 Å². The Morgan fingerprint density at radius 1 is 1.26 bits per heavy atom. The van der Waals surface area contributed by atoms with Crippen LogP contribution in [-0.2, 0) is 0 Å². The van der Waals surface area contributed by atoms with Crippen molar-refractivity contribution >= 4 is 5.65 Å². The van der Waals surface area contributed by atoms with Crippen LogP contribution in [0.3, 0.4) is 0 Å². The molecule has 11 heteroatoms. The van der Waals surface area contributed by atoms with E-state index in [1.165, 1.54) is 18.3 Å². The van der Waals surface area contributed by atoms with E-state index >= 15 is 0 Å². The largest absolute Gasteiger partial charge is 0.466 e. The summed E-state index contributed by atoms with van der Waals surface area (Å²) in [7, 11) is 0. The maximum Gasteiger partial charge on any atom is 0.201 e. The highest BCUT2D eigenvalue weighted by molar-refractivity contribution is 5.68. The lowest BCUT2D eigenvalue weighted by atomic mass is 10.1. The van der Waals surface area contributed by atoms with Crippen LogP contribution in [0.5, 0.6) is 5.88 Å². The van der Waals surface area contributed by atoms with E-state index in [1.54, 1.807) is 10.5 Å². The Morgan fingerprint density at radius 3 is 2.79 bits per heavy atom. The summed E-state index contributed by atoms with van der Waals surface area (Å²) in [6.45, 7) is 3.46. The third-order valence-corrected chi connectivity index (χ3v) is 6.05. The zero-order valence-electron chi connectivity index (χ0n) is 18.5. The Kier molecular flexibility index (Phi) is 5.91. The number of fused-ring (bicyclic) bond motifs is 1. The molecule has 1 saturated heterocycles. The van der Waals surface area contributed by atoms with Gasteiger partial charge in [0.1, 0.15) is 28.9 Å². The summed E-state index contributed by atoms with van der Waals surface area (Å²) in [5.41, 5.74) is 3.45. The fourth-order valence-corrected chi connectivity index (χ4v) is 4.30. The third-order valence-electron chi connectivity index (χ3n) is 6.05. The minimum absolute atomic E-state index is 0.274. The van der Waals surface area contributed by atoms with Crippen molar-refractivity contribution < 1.29 is 14.2 Å². The Morgan fingerprint density at radius 2 is 2.09 bits per heavy atom. The predicted molar refractivity (Wildman–Crippen MR) is 119 cm³/mol. The number of aliphatic hydroxyl groups is 1. The lowest BCUT2D eigenvalue weighted by Crippen LogP contribution is -2.30. The van der Waals surface area contributed by atoms with Crippen LogP contribution in [0.1, 0.15) is 42.1 Å². The highest BCUT2D eigenvalue weighted by Crippen LogP contribution is 2.32. The minimum Gasteiger partial charge on any atom is -0.466 e. The van der Waals surface area contributed by atoms with Crippen LogP contribution in [0, 0.1) is 24.1 Å². The molecule has 1 atom stereocenters. The van der Waals surface area contributed by atoms with E-state index in [2.05, 4.69) is 31.7 Å². The summed E-state index contributed by atoms with van der Waals surface area (Å²) >= 11 is 0. The first-order valence-electron chi connectivity index (χ1n) is 11.0. The molecule has 34 heavy (non-hydrogen) atoms.